The zero-order valence-corrected chi connectivity index (χ0v) is 18.8. The topological polar surface area (TPSA) is 87.6 Å². The first-order chi connectivity index (χ1) is 15.3. The summed E-state index contributed by atoms with van der Waals surface area (Å²) < 4.78 is 45.2. The number of rotatable bonds is 5. The first-order valence-electron chi connectivity index (χ1n) is 10.6. The number of aromatic nitrogens is 2. The molecule has 0 radical (unpaired) electrons. The monoisotopic (exact) mass is 484 g/mol. The summed E-state index contributed by atoms with van der Waals surface area (Å²) in [6.45, 7) is 1.34. The van der Waals surface area contributed by atoms with E-state index in [-0.39, 0.29) is 29.1 Å². The van der Waals surface area contributed by atoms with Gasteiger partial charge in [0.1, 0.15) is 5.82 Å². The second kappa shape index (κ2) is 8.07. The minimum atomic E-state index is -3.85. The molecule has 0 bridgehead atoms. The molecule has 2 aromatic rings. The third kappa shape index (κ3) is 3.82. The van der Waals surface area contributed by atoms with E-state index < -0.39 is 21.8 Å². The molecular formula is C21H23ClF2N4O3S. The number of aliphatic hydroxyl groups is 1. The quantitative estimate of drug-likeness (QED) is 0.665. The number of nitrogens with zero attached hydrogens (tertiary/aromatic N) is 3. The fourth-order valence-corrected chi connectivity index (χ4v) is 5.48. The number of aliphatic hydroxyl groups excluding tert-OH is 1. The van der Waals surface area contributed by atoms with E-state index in [0.29, 0.717) is 23.7 Å². The summed E-state index contributed by atoms with van der Waals surface area (Å²) in [4.78, 5) is 10.8. The average Bonchev–Trinajstić information content (AvgIpc) is 2.99. The van der Waals surface area contributed by atoms with Gasteiger partial charge in [0.25, 0.3) is 0 Å². The van der Waals surface area contributed by atoms with E-state index >= 15 is 0 Å². The van der Waals surface area contributed by atoms with Gasteiger partial charge in [-0.1, -0.05) is 11.6 Å². The van der Waals surface area contributed by atoms with Crippen molar-refractivity contribution in [2.45, 2.75) is 53.9 Å². The van der Waals surface area contributed by atoms with E-state index in [4.69, 9.17) is 11.6 Å². The van der Waals surface area contributed by atoms with Crippen molar-refractivity contribution >= 4 is 33.9 Å². The zero-order chi connectivity index (χ0) is 22.5. The van der Waals surface area contributed by atoms with Crippen LogP contribution in [0.25, 0.3) is 0 Å². The summed E-state index contributed by atoms with van der Waals surface area (Å²) in [5.41, 5.74) is -3.42. The molecule has 0 spiro atoms. The highest BCUT2D eigenvalue weighted by Gasteiger charge is 2.53. The highest BCUT2D eigenvalue weighted by Crippen LogP contribution is 2.46. The van der Waals surface area contributed by atoms with Gasteiger partial charge in [0, 0.05) is 29.7 Å². The van der Waals surface area contributed by atoms with Crippen LogP contribution in [-0.4, -0.2) is 50.0 Å². The van der Waals surface area contributed by atoms with Crippen molar-refractivity contribution in [1.82, 2.24) is 9.97 Å². The van der Waals surface area contributed by atoms with Gasteiger partial charge in [-0.05, 0) is 56.4 Å². The Balaban J connectivity index is 1.41. The van der Waals surface area contributed by atoms with Crippen LogP contribution in [0.4, 0.5) is 20.3 Å². The molecule has 7 nitrogen and oxygen atoms in total. The van der Waals surface area contributed by atoms with Crippen molar-refractivity contribution in [3.63, 3.8) is 0 Å². The summed E-state index contributed by atoms with van der Waals surface area (Å²) in [6.07, 6.45) is 3.73. The van der Waals surface area contributed by atoms with Crippen molar-refractivity contribution in [2.75, 3.05) is 29.9 Å². The van der Waals surface area contributed by atoms with Crippen LogP contribution in [0.15, 0.2) is 29.2 Å². The Morgan fingerprint density at radius 1 is 1.22 bits per heavy atom. The third-order valence-electron chi connectivity index (χ3n) is 6.52. The molecule has 2 fully saturated rings. The van der Waals surface area contributed by atoms with E-state index in [2.05, 4.69) is 24.9 Å². The molecule has 1 atom stereocenters. The summed E-state index contributed by atoms with van der Waals surface area (Å²) in [6, 6.07) is 7.63. The van der Waals surface area contributed by atoms with Crippen LogP contribution in [0.1, 0.15) is 43.8 Å². The van der Waals surface area contributed by atoms with E-state index in [1.54, 1.807) is 0 Å². The van der Waals surface area contributed by atoms with E-state index in [0.717, 1.165) is 38.0 Å². The average molecular weight is 485 g/mol. The fourth-order valence-electron chi connectivity index (χ4n) is 4.44. The maximum absolute atomic E-state index is 14.1. The molecular weight excluding hydrogens is 462 g/mol. The Morgan fingerprint density at radius 3 is 2.50 bits per heavy atom. The Morgan fingerprint density at radius 2 is 1.91 bits per heavy atom. The first-order valence-corrected chi connectivity index (χ1v) is 12.1. The molecule has 1 saturated carbocycles. The number of fused-ring (bicyclic) bond motifs is 1. The smallest absolute Gasteiger partial charge is 0.403 e. The van der Waals surface area contributed by atoms with Gasteiger partial charge >= 0.3 is 5.44 Å². The number of piperidine rings is 1. The summed E-state index contributed by atoms with van der Waals surface area (Å²) in [7, 11) is -2.72. The van der Waals surface area contributed by atoms with Crippen molar-refractivity contribution in [1.29, 1.82) is 0 Å². The minimum absolute atomic E-state index is 0.0536. The van der Waals surface area contributed by atoms with Crippen LogP contribution in [0.5, 0.6) is 5.88 Å². The lowest BCUT2D eigenvalue weighted by atomic mass is 9.77. The Bertz CT molecular complexity index is 1040. The lowest BCUT2D eigenvalue weighted by Crippen LogP contribution is -2.48. The largest absolute Gasteiger partial charge is 0.488 e. The minimum Gasteiger partial charge on any atom is -0.403 e. The van der Waals surface area contributed by atoms with Gasteiger partial charge in [-0.15, -0.1) is 0 Å². The van der Waals surface area contributed by atoms with Crippen molar-refractivity contribution in [2.24, 2.45) is 0 Å². The molecule has 0 amide bonds. The number of halogens is 3. The maximum atomic E-state index is 14.1. The van der Waals surface area contributed by atoms with Crippen LogP contribution in [0.2, 0.25) is 5.02 Å². The van der Waals surface area contributed by atoms with E-state index in [1.165, 1.54) is 0 Å². The third-order valence-corrected chi connectivity index (χ3v) is 8.02. The number of hydrogen-bond donors (Lipinski definition) is 2. The molecule has 5 rings (SSSR count). The standard InChI is InChI=1S/C21H23ClF2N4O3S/c22-14-2-4-15(5-3-14)28-10-6-13(7-11-28)17-25-18(27-20(12-29)8-1-9-20)16-19(26-17)31-21(23,24)32(16)30/h2-5,13,29H,1,6-12H2,(H,25,26,27)/t32-/m0/s1. The van der Waals surface area contributed by atoms with Crippen molar-refractivity contribution in [3.05, 3.63) is 35.1 Å². The number of nitrogens with one attached hydrogen (secondary N) is 1. The number of hydrogen-bond acceptors (Lipinski definition) is 7. The fraction of sp³-hybridized carbons (Fsp3) is 0.524. The molecule has 1 aromatic carbocycles. The second-order valence-corrected chi connectivity index (χ2v) is 10.4. The van der Waals surface area contributed by atoms with Gasteiger partial charge < -0.3 is 20.1 Å². The molecule has 1 saturated heterocycles. The molecule has 0 unspecified atom stereocenters. The van der Waals surface area contributed by atoms with Gasteiger partial charge in [-0.2, -0.15) is 13.8 Å². The summed E-state index contributed by atoms with van der Waals surface area (Å²) >= 11 is 5.97. The van der Waals surface area contributed by atoms with Crippen LogP contribution >= 0.6 is 11.6 Å². The zero-order valence-electron chi connectivity index (χ0n) is 17.2. The SMILES string of the molecule is O=[S@]1c2c(NC3(CO)CCC3)nc(C3CCN(c4ccc(Cl)cc4)CC3)nc2OC1(F)F. The van der Waals surface area contributed by atoms with Crippen LogP contribution in [0.3, 0.4) is 0 Å². The van der Waals surface area contributed by atoms with Gasteiger partial charge in [0.05, 0.1) is 12.1 Å². The number of ether oxygens (including phenoxy) is 1. The maximum Gasteiger partial charge on any atom is 0.488 e. The summed E-state index contributed by atoms with van der Waals surface area (Å²) in [5.74, 6) is 0.0778. The molecule has 11 heteroatoms. The number of benzene rings is 1. The summed E-state index contributed by atoms with van der Waals surface area (Å²) in [5, 5.41) is 13.6. The predicted molar refractivity (Wildman–Crippen MR) is 117 cm³/mol. The Hall–Kier alpha value is -2.04. The van der Waals surface area contributed by atoms with E-state index in [1.807, 2.05) is 24.3 Å². The molecule has 1 aromatic heterocycles. The molecule has 3 aliphatic rings. The van der Waals surface area contributed by atoms with Crippen LogP contribution in [0, 0.1) is 0 Å². The Labute approximate surface area is 191 Å². The van der Waals surface area contributed by atoms with Crippen molar-refractivity contribution in [3.8, 4) is 5.88 Å². The first kappa shape index (κ1) is 21.8. The number of anilines is 2. The molecule has 2 aliphatic heterocycles. The second-order valence-electron chi connectivity index (χ2n) is 8.55. The Kier molecular flexibility index (Phi) is 5.50. The lowest BCUT2D eigenvalue weighted by molar-refractivity contribution is -0.0890. The van der Waals surface area contributed by atoms with Gasteiger partial charge in [0.15, 0.2) is 21.5 Å². The number of alkyl halides is 2. The van der Waals surface area contributed by atoms with Gasteiger partial charge in [-0.25, -0.2) is 9.19 Å². The van der Waals surface area contributed by atoms with Gasteiger partial charge in [0.2, 0.25) is 5.88 Å². The molecule has 3 heterocycles. The van der Waals surface area contributed by atoms with E-state index in [9.17, 15) is 18.1 Å². The van der Waals surface area contributed by atoms with Crippen LogP contribution < -0.4 is 15.0 Å². The molecule has 172 valence electrons. The highest BCUT2D eigenvalue weighted by molar-refractivity contribution is 7.86. The molecule has 32 heavy (non-hydrogen) atoms. The highest BCUT2D eigenvalue weighted by atomic mass is 35.5. The lowest BCUT2D eigenvalue weighted by Gasteiger charge is -2.41. The molecule has 1 aliphatic carbocycles. The molecule has 2 N–H and O–H groups in total. The van der Waals surface area contributed by atoms with Crippen LogP contribution in [-0.2, 0) is 10.8 Å². The van der Waals surface area contributed by atoms with Crippen molar-refractivity contribution < 1.29 is 22.8 Å². The van der Waals surface area contributed by atoms with Gasteiger partial charge in [-0.3, -0.25) is 0 Å². The normalized spacial score (nSPS) is 23.9. The predicted octanol–water partition coefficient (Wildman–Crippen LogP) is 3.89.